The summed E-state index contributed by atoms with van der Waals surface area (Å²) in [5, 5.41) is 21.2. The van der Waals surface area contributed by atoms with Gasteiger partial charge in [-0.15, -0.1) is 5.10 Å². The first-order valence-electron chi connectivity index (χ1n) is 8.97. The van der Waals surface area contributed by atoms with Crippen LogP contribution in [0.2, 0.25) is 0 Å². The summed E-state index contributed by atoms with van der Waals surface area (Å²) in [6.07, 6.45) is 5.47. The Morgan fingerprint density at radius 2 is 2.08 bits per heavy atom. The topological polar surface area (TPSA) is 80.0 Å². The predicted octanol–water partition coefficient (Wildman–Crippen LogP) is 1.93. The van der Waals surface area contributed by atoms with Crippen molar-refractivity contribution < 1.29 is 9.90 Å². The minimum Gasteiger partial charge on any atom is -0.390 e. The number of amides is 1. The zero-order chi connectivity index (χ0) is 18.7. The van der Waals surface area contributed by atoms with Gasteiger partial charge in [0, 0.05) is 30.6 Å². The van der Waals surface area contributed by atoms with Crippen molar-refractivity contribution in [3.8, 4) is 11.8 Å². The fourth-order valence-corrected chi connectivity index (χ4v) is 3.09. The van der Waals surface area contributed by atoms with Gasteiger partial charge >= 0.3 is 0 Å². The van der Waals surface area contributed by atoms with Crippen LogP contribution in [0.15, 0.2) is 6.20 Å². The molecule has 2 atom stereocenters. The first-order chi connectivity index (χ1) is 11.5. The predicted molar refractivity (Wildman–Crippen MR) is 96.5 cm³/mol. The molecule has 0 bridgehead atoms. The lowest BCUT2D eigenvalue weighted by molar-refractivity contribution is -0.116. The van der Waals surface area contributed by atoms with E-state index < -0.39 is 5.60 Å². The van der Waals surface area contributed by atoms with E-state index in [4.69, 9.17) is 0 Å². The van der Waals surface area contributed by atoms with Crippen molar-refractivity contribution in [1.82, 2.24) is 20.3 Å². The van der Waals surface area contributed by atoms with Crippen LogP contribution >= 0.6 is 0 Å². The molecular formula is C19H30N4O2. The molecule has 2 rings (SSSR count). The number of hydrogen-bond donors (Lipinski definition) is 2. The van der Waals surface area contributed by atoms with Crippen LogP contribution in [0.4, 0.5) is 0 Å². The summed E-state index contributed by atoms with van der Waals surface area (Å²) in [4.78, 5) is 12.1. The summed E-state index contributed by atoms with van der Waals surface area (Å²) in [6.45, 7) is 10.2. The number of nitrogens with one attached hydrogen (secondary N) is 1. The summed E-state index contributed by atoms with van der Waals surface area (Å²) >= 11 is 0. The Bertz CT molecular complexity index is 655. The van der Waals surface area contributed by atoms with E-state index in [1.807, 2.05) is 31.6 Å². The maximum atomic E-state index is 12.1. The van der Waals surface area contributed by atoms with Crippen molar-refractivity contribution >= 4 is 5.91 Å². The second-order valence-corrected chi connectivity index (χ2v) is 8.69. The molecule has 0 unspecified atom stereocenters. The fraction of sp³-hybridized carbons (Fsp3) is 0.737. The largest absolute Gasteiger partial charge is 0.390 e. The molecule has 6 heteroatoms. The van der Waals surface area contributed by atoms with Crippen LogP contribution in [0.25, 0.3) is 0 Å². The Kier molecular flexibility index (Phi) is 5.89. The van der Waals surface area contributed by atoms with Gasteiger partial charge in [-0.25, -0.2) is 0 Å². The molecule has 1 amide bonds. The third kappa shape index (κ3) is 6.87. The Hall–Kier alpha value is -1.87. The quantitative estimate of drug-likeness (QED) is 0.799. The maximum Gasteiger partial charge on any atom is 0.296 e. The summed E-state index contributed by atoms with van der Waals surface area (Å²) in [5.74, 6) is 5.80. The van der Waals surface area contributed by atoms with E-state index in [1.165, 1.54) is 0 Å². The Labute approximate surface area is 150 Å². The number of hydrogen-bond acceptors (Lipinski definition) is 4. The lowest BCUT2D eigenvalue weighted by atomic mass is 9.98. The third-order valence-electron chi connectivity index (χ3n) is 4.15. The monoisotopic (exact) mass is 346 g/mol. The van der Waals surface area contributed by atoms with Crippen molar-refractivity contribution in [2.24, 2.45) is 11.3 Å². The van der Waals surface area contributed by atoms with Gasteiger partial charge in [0.15, 0.2) is 0 Å². The molecule has 1 aliphatic carbocycles. The van der Waals surface area contributed by atoms with Gasteiger partial charge in [0.1, 0.15) is 0 Å². The van der Waals surface area contributed by atoms with Gasteiger partial charge in [0.05, 0.1) is 11.3 Å². The lowest BCUT2D eigenvalue weighted by Crippen LogP contribution is -2.38. The second-order valence-electron chi connectivity index (χ2n) is 8.69. The molecule has 0 saturated heterocycles. The molecule has 0 radical (unpaired) electrons. The van der Waals surface area contributed by atoms with Crippen LogP contribution < -0.4 is 5.32 Å². The SMILES string of the molecule is CC(C)(C)C#CC(=O)N[C@@H]1CCC[C@@H]1Cn1cc(CC(C)(C)O)nn1. The zero-order valence-electron chi connectivity index (χ0n) is 16.0. The van der Waals surface area contributed by atoms with E-state index in [-0.39, 0.29) is 17.4 Å². The molecule has 2 N–H and O–H groups in total. The van der Waals surface area contributed by atoms with Crippen LogP contribution in [0.1, 0.15) is 59.6 Å². The van der Waals surface area contributed by atoms with E-state index in [9.17, 15) is 9.90 Å². The van der Waals surface area contributed by atoms with Crippen LogP contribution in [0, 0.1) is 23.2 Å². The second kappa shape index (κ2) is 7.57. The normalized spacial score (nSPS) is 20.9. The Morgan fingerprint density at radius 1 is 1.36 bits per heavy atom. The lowest BCUT2D eigenvalue weighted by Gasteiger charge is -2.19. The fourth-order valence-electron chi connectivity index (χ4n) is 3.09. The van der Waals surface area contributed by atoms with Crippen LogP contribution in [-0.4, -0.2) is 37.7 Å². The molecule has 1 saturated carbocycles. The molecule has 1 aliphatic rings. The van der Waals surface area contributed by atoms with E-state index in [1.54, 1.807) is 13.8 Å². The average molecular weight is 346 g/mol. The molecule has 6 nitrogen and oxygen atoms in total. The smallest absolute Gasteiger partial charge is 0.296 e. The van der Waals surface area contributed by atoms with Crippen LogP contribution in [0.3, 0.4) is 0 Å². The van der Waals surface area contributed by atoms with Gasteiger partial charge in [-0.2, -0.15) is 0 Å². The maximum absolute atomic E-state index is 12.1. The van der Waals surface area contributed by atoms with E-state index in [0.29, 0.717) is 12.3 Å². The standard InChI is InChI=1S/C19H30N4O2/c1-18(2,3)10-9-17(24)20-16-8-6-7-14(16)12-23-13-15(21-22-23)11-19(4,5)25/h13-14,16,25H,6-8,11-12H2,1-5H3,(H,20,24)/t14-,16-/m1/s1. The Balaban J connectivity index is 1.93. The van der Waals surface area contributed by atoms with Crippen molar-refractivity contribution in [1.29, 1.82) is 0 Å². The highest BCUT2D eigenvalue weighted by molar-refractivity contribution is 5.93. The molecular weight excluding hydrogens is 316 g/mol. The highest BCUT2D eigenvalue weighted by Gasteiger charge is 2.29. The van der Waals surface area contributed by atoms with E-state index in [2.05, 4.69) is 27.5 Å². The van der Waals surface area contributed by atoms with Gasteiger partial charge in [0.25, 0.3) is 5.91 Å². The van der Waals surface area contributed by atoms with Gasteiger partial charge in [0.2, 0.25) is 0 Å². The van der Waals surface area contributed by atoms with Crippen molar-refractivity contribution in [3.05, 3.63) is 11.9 Å². The van der Waals surface area contributed by atoms with Gasteiger partial charge in [-0.3, -0.25) is 9.48 Å². The number of carbonyl (C=O) groups is 1. The molecule has 0 aliphatic heterocycles. The number of nitrogens with zero attached hydrogens (tertiary/aromatic N) is 3. The zero-order valence-corrected chi connectivity index (χ0v) is 16.0. The van der Waals surface area contributed by atoms with Crippen molar-refractivity contribution in [2.75, 3.05) is 0 Å². The van der Waals surface area contributed by atoms with Gasteiger partial charge < -0.3 is 10.4 Å². The van der Waals surface area contributed by atoms with E-state index in [0.717, 1.165) is 31.5 Å². The number of aromatic nitrogens is 3. The molecule has 1 fully saturated rings. The number of rotatable bonds is 5. The molecule has 138 valence electrons. The summed E-state index contributed by atoms with van der Waals surface area (Å²) in [6, 6.07) is 0.128. The molecule has 0 aromatic carbocycles. The average Bonchev–Trinajstić information content (AvgIpc) is 3.05. The van der Waals surface area contributed by atoms with Crippen LogP contribution in [-0.2, 0) is 17.8 Å². The summed E-state index contributed by atoms with van der Waals surface area (Å²) in [7, 11) is 0. The minimum absolute atomic E-state index is 0.128. The summed E-state index contributed by atoms with van der Waals surface area (Å²) < 4.78 is 1.82. The first-order valence-corrected chi connectivity index (χ1v) is 8.97. The van der Waals surface area contributed by atoms with Crippen molar-refractivity contribution in [2.45, 2.75) is 78.5 Å². The summed E-state index contributed by atoms with van der Waals surface area (Å²) in [5.41, 5.74) is -0.192. The first kappa shape index (κ1) is 19.5. The van der Waals surface area contributed by atoms with Gasteiger partial charge in [-0.05, 0) is 59.3 Å². The molecule has 1 aromatic rings. The number of carbonyl (C=O) groups excluding carboxylic acids is 1. The van der Waals surface area contributed by atoms with Gasteiger partial charge in [-0.1, -0.05) is 17.6 Å². The third-order valence-corrected chi connectivity index (χ3v) is 4.15. The highest BCUT2D eigenvalue weighted by Crippen LogP contribution is 2.27. The van der Waals surface area contributed by atoms with Crippen LogP contribution in [0.5, 0.6) is 0 Å². The molecule has 0 spiro atoms. The van der Waals surface area contributed by atoms with E-state index >= 15 is 0 Å². The van der Waals surface area contributed by atoms with Crippen molar-refractivity contribution in [3.63, 3.8) is 0 Å². The number of aliphatic hydroxyl groups is 1. The molecule has 1 aromatic heterocycles. The Morgan fingerprint density at radius 3 is 2.72 bits per heavy atom. The molecule has 1 heterocycles. The highest BCUT2D eigenvalue weighted by atomic mass is 16.3. The minimum atomic E-state index is -0.795. The molecule has 25 heavy (non-hydrogen) atoms.